The van der Waals surface area contributed by atoms with E-state index in [2.05, 4.69) is 0 Å². The Labute approximate surface area is 79.8 Å². The van der Waals surface area contributed by atoms with Crippen LogP contribution in [0.4, 0.5) is 0 Å². The maximum absolute atomic E-state index is 6.23. The van der Waals surface area contributed by atoms with Gasteiger partial charge in [-0.05, 0) is 49.9 Å². The molecular formula is C11H19NO. The molecule has 4 fully saturated rings. The summed E-state index contributed by atoms with van der Waals surface area (Å²) in [7, 11) is 1.89. The molecule has 5 atom stereocenters. The maximum Gasteiger partial charge on any atom is 0.0687 e. The Bertz CT molecular complexity index is 212. The molecular weight excluding hydrogens is 162 g/mol. The summed E-state index contributed by atoms with van der Waals surface area (Å²) in [5.74, 6) is 2.47. The standard InChI is InChI=1S/C11H19NO/c1-13-11-4-7-2-8(5-11)10(12)9(3-7)6-11/h7-10H,2-6,12H2,1H3/t7?,8-,9+,10?,11?. The molecule has 2 N–H and O–H groups in total. The number of nitrogens with two attached hydrogens (primary N) is 1. The lowest BCUT2D eigenvalue weighted by molar-refractivity contribution is -0.152. The molecule has 2 nitrogen and oxygen atoms in total. The zero-order valence-corrected chi connectivity index (χ0v) is 8.33. The van der Waals surface area contributed by atoms with Gasteiger partial charge in [-0.15, -0.1) is 0 Å². The van der Waals surface area contributed by atoms with Crippen molar-refractivity contribution >= 4 is 0 Å². The minimum Gasteiger partial charge on any atom is -0.378 e. The lowest BCUT2D eigenvalue weighted by atomic mass is 9.52. The third-order valence-corrected chi connectivity index (χ3v) is 4.72. The van der Waals surface area contributed by atoms with E-state index in [0.29, 0.717) is 6.04 Å². The van der Waals surface area contributed by atoms with E-state index in [4.69, 9.17) is 10.5 Å². The number of ether oxygens (including phenoxy) is 1. The van der Waals surface area contributed by atoms with Gasteiger partial charge in [-0.3, -0.25) is 0 Å². The van der Waals surface area contributed by atoms with E-state index in [-0.39, 0.29) is 5.60 Å². The van der Waals surface area contributed by atoms with Gasteiger partial charge in [-0.2, -0.15) is 0 Å². The van der Waals surface area contributed by atoms with Gasteiger partial charge in [0.25, 0.3) is 0 Å². The third kappa shape index (κ3) is 1.02. The number of hydrogen-bond donors (Lipinski definition) is 1. The predicted molar refractivity (Wildman–Crippen MR) is 51.3 cm³/mol. The molecule has 0 heterocycles. The summed E-state index contributed by atoms with van der Waals surface area (Å²) in [6.07, 6.45) is 6.53. The van der Waals surface area contributed by atoms with Gasteiger partial charge in [0.05, 0.1) is 5.60 Å². The molecule has 74 valence electrons. The third-order valence-electron chi connectivity index (χ3n) is 4.72. The average molecular weight is 181 g/mol. The van der Waals surface area contributed by atoms with Gasteiger partial charge in [0.2, 0.25) is 0 Å². The van der Waals surface area contributed by atoms with Crippen molar-refractivity contribution in [1.29, 1.82) is 0 Å². The Morgan fingerprint density at radius 1 is 1.15 bits per heavy atom. The van der Waals surface area contributed by atoms with Crippen molar-refractivity contribution in [3.05, 3.63) is 0 Å². The van der Waals surface area contributed by atoms with Crippen LogP contribution in [0.25, 0.3) is 0 Å². The lowest BCUT2D eigenvalue weighted by Gasteiger charge is -2.58. The molecule has 0 aliphatic heterocycles. The summed E-state index contributed by atoms with van der Waals surface area (Å²) in [6, 6.07) is 0.486. The van der Waals surface area contributed by atoms with E-state index < -0.39 is 0 Å². The van der Waals surface area contributed by atoms with E-state index in [1.54, 1.807) is 0 Å². The molecule has 4 aliphatic carbocycles. The molecule has 4 bridgehead atoms. The molecule has 0 radical (unpaired) electrons. The summed E-state index contributed by atoms with van der Waals surface area (Å²) in [4.78, 5) is 0. The zero-order chi connectivity index (χ0) is 9.05. The van der Waals surface area contributed by atoms with Crippen molar-refractivity contribution < 1.29 is 4.74 Å². The summed E-state index contributed by atoms with van der Waals surface area (Å²) >= 11 is 0. The van der Waals surface area contributed by atoms with E-state index >= 15 is 0 Å². The Hall–Kier alpha value is -0.0800. The van der Waals surface area contributed by atoms with Gasteiger partial charge in [0, 0.05) is 13.2 Å². The number of hydrogen-bond acceptors (Lipinski definition) is 2. The van der Waals surface area contributed by atoms with Crippen LogP contribution in [-0.4, -0.2) is 18.8 Å². The minimum atomic E-state index is 0.242. The van der Waals surface area contributed by atoms with Crippen LogP contribution in [0.3, 0.4) is 0 Å². The topological polar surface area (TPSA) is 35.2 Å². The summed E-state index contributed by atoms with van der Waals surface area (Å²) in [5, 5.41) is 0. The Balaban J connectivity index is 1.92. The van der Waals surface area contributed by atoms with Gasteiger partial charge < -0.3 is 10.5 Å². The molecule has 4 aliphatic rings. The molecule has 13 heavy (non-hydrogen) atoms. The first-order valence-corrected chi connectivity index (χ1v) is 5.53. The average Bonchev–Trinajstić information content (AvgIpc) is 2.13. The second kappa shape index (κ2) is 2.48. The smallest absolute Gasteiger partial charge is 0.0687 e. The van der Waals surface area contributed by atoms with E-state index in [1.807, 2.05) is 7.11 Å². The van der Waals surface area contributed by atoms with E-state index in [1.165, 1.54) is 32.1 Å². The van der Waals surface area contributed by atoms with Crippen molar-refractivity contribution in [1.82, 2.24) is 0 Å². The summed E-state index contributed by atoms with van der Waals surface area (Å²) in [5.41, 5.74) is 6.47. The number of rotatable bonds is 1. The van der Waals surface area contributed by atoms with E-state index in [0.717, 1.165) is 17.8 Å². The van der Waals surface area contributed by atoms with Gasteiger partial charge in [-0.25, -0.2) is 0 Å². The van der Waals surface area contributed by atoms with Gasteiger partial charge in [-0.1, -0.05) is 0 Å². The molecule has 0 aromatic carbocycles. The molecule has 0 aromatic rings. The Kier molecular flexibility index (Phi) is 1.58. The van der Waals surface area contributed by atoms with Crippen molar-refractivity contribution in [3.63, 3.8) is 0 Å². The first-order chi connectivity index (χ1) is 6.22. The molecule has 0 saturated heterocycles. The fourth-order valence-electron chi connectivity index (χ4n) is 4.24. The maximum atomic E-state index is 6.23. The van der Waals surface area contributed by atoms with Crippen LogP contribution in [0.2, 0.25) is 0 Å². The van der Waals surface area contributed by atoms with Crippen molar-refractivity contribution in [2.24, 2.45) is 23.5 Å². The molecule has 3 unspecified atom stereocenters. The predicted octanol–water partition coefficient (Wildman–Crippen LogP) is 1.54. The van der Waals surface area contributed by atoms with Crippen LogP contribution in [0.1, 0.15) is 32.1 Å². The normalized spacial score (nSPS) is 58.6. The SMILES string of the molecule is COC12CC3C[C@H](C1)C(N)[C@@H](C3)C2. The highest BCUT2D eigenvalue weighted by atomic mass is 16.5. The Morgan fingerprint density at radius 2 is 1.77 bits per heavy atom. The highest BCUT2D eigenvalue weighted by Crippen LogP contribution is 2.56. The zero-order valence-electron chi connectivity index (χ0n) is 8.33. The quantitative estimate of drug-likeness (QED) is 0.666. The monoisotopic (exact) mass is 181 g/mol. The van der Waals surface area contributed by atoms with Gasteiger partial charge >= 0.3 is 0 Å². The summed E-state index contributed by atoms with van der Waals surface area (Å²) in [6.45, 7) is 0. The van der Waals surface area contributed by atoms with Crippen LogP contribution < -0.4 is 5.73 Å². The highest BCUT2D eigenvalue weighted by molar-refractivity contribution is 5.07. The molecule has 0 spiro atoms. The summed E-state index contributed by atoms with van der Waals surface area (Å²) < 4.78 is 5.74. The van der Waals surface area contributed by atoms with Crippen molar-refractivity contribution in [2.75, 3.05) is 7.11 Å². The Morgan fingerprint density at radius 3 is 2.31 bits per heavy atom. The fraction of sp³-hybridized carbons (Fsp3) is 1.00. The van der Waals surface area contributed by atoms with Gasteiger partial charge in [0.1, 0.15) is 0 Å². The van der Waals surface area contributed by atoms with Gasteiger partial charge in [0.15, 0.2) is 0 Å². The van der Waals surface area contributed by atoms with Crippen LogP contribution in [0.5, 0.6) is 0 Å². The second-order valence-corrected chi connectivity index (χ2v) is 5.43. The lowest BCUT2D eigenvalue weighted by Crippen LogP contribution is -2.60. The second-order valence-electron chi connectivity index (χ2n) is 5.43. The highest BCUT2D eigenvalue weighted by Gasteiger charge is 2.54. The fourth-order valence-corrected chi connectivity index (χ4v) is 4.24. The van der Waals surface area contributed by atoms with Crippen LogP contribution in [0, 0.1) is 17.8 Å². The number of methoxy groups -OCH3 is 1. The first-order valence-electron chi connectivity index (χ1n) is 5.53. The van der Waals surface area contributed by atoms with E-state index in [9.17, 15) is 0 Å². The van der Waals surface area contributed by atoms with Crippen molar-refractivity contribution in [2.45, 2.75) is 43.7 Å². The largest absolute Gasteiger partial charge is 0.378 e. The van der Waals surface area contributed by atoms with Crippen LogP contribution in [0.15, 0.2) is 0 Å². The molecule has 4 rings (SSSR count). The first kappa shape index (κ1) is 8.25. The molecule has 0 amide bonds. The minimum absolute atomic E-state index is 0.242. The van der Waals surface area contributed by atoms with Crippen LogP contribution in [-0.2, 0) is 4.74 Å². The van der Waals surface area contributed by atoms with Crippen LogP contribution >= 0.6 is 0 Å². The molecule has 2 heteroatoms. The molecule has 0 aromatic heterocycles. The molecule has 4 saturated carbocycles. The van der Waals surface area contributed by atoms with Crippen molar-refractivity contribution in [3.8, 4) is 0 Å².